The standard InChI is InChI=1S/C18H17BrF4N2O3S/c1-11(17(26)25(2)10-12-9-13(19)7-8-15(12)20)24-29(27,28)16-6-4-3-5-14(16)18(21,22)23/h3-9,11,24H,10H2,1-2H3/t11-/m0/s1. The highest BCUT2D eigenvalue weighted by Crippen LogP contribution is 2.34. The molecule has 1 atom stereocenters. The third-order valence-corrected chi connectivity index (χ3v) is 6.07. The van der Waals surface area contributed by atoms with Crippen molar-refractivity contribution in [1.29, 1.82) is 0 Å². The largest absolute Gasteiger partial charge is 0.417 e. The third kappa shape index (κ3) is 5.77. The molecule has 29 heavy (non-hydrogen) atoms. The van der Waals surface area contributed by atoms with Gasteiger partial charge in [-0.25, -0.2) is 12.8 Å². The molecule has 0 unspecified atom stereocenters. The molecule has 0 saturated carbocycles. The van der Waals surface area contributed by atoms with Crippen molar-refractivity contribution in [3.8, 4) is 0 Å². The molecule has 0 saturated heterocycles. The van der Waals surface area contributed by atoms with E-state index in [1.807, 2.05) is 4.72 Å². The Labute approximate surface area is 173 Å². The minimum absolute atomic E-state index is 0.157. The van der Waals surface area contributed by atoms with Crippen molar-refractivity contribution in [2.45, 2.75) is 30.6 Å². The van der Waals surface area contributed by atoms with E-state index in [2.05, 4.69) is 15.9 Å². The molecular formula is C18H17BrF4N2O3S. The predicted molar refractivity (Wildman–Crippen MR) is 102 cm³/mol. The van der Waals surface area contributed by atoms with E-state index in [-0.39, 0.29) is 12.1 Å². The predicted octanol–water partition coefficient (Wildman–Crippen LogP) is 3.93. The van der Waals surface area contributed by atoms with Crippen molar-refractivity contribution in [2.75, 3.05) is 7.05 Å². The van der Waals surface area contributed by atoms with Gasteiger partial charge in [0.2, 0.25) is 15.9 Å². The van der Waals surface area contributed by atoms with Crippen molar-refractivity contribution in [2.24, 2.45) is 0 Å². The number of carbonyl (C=O) groups excluding carboxylic acids is 1. The van der Waals surface area contributed by atoms with Crippen molar-refractivity contribution in [1.82, 2.24) is 9.62 Å². The molecular weight excluding hydrogens is 480 g/mol. The summed E-state index contributed by atoms with van der Waals surface area (Å²) in [5, 5.41) is 0. The Hall–Kier alpha value is -1.98. The van der Waals surface area contributed by atoms with Crippen molar-refractivity contribution >= 4 is 31.9 Å². The molecule has 5 nitrogen and oxygen atoms in total. The van der Waals surface area contributed by atoms with Crippen LogP contribution in [-0.4, -0.2) is 32.3 Å². The molecule has 2 aromatic carbocycles. The van der Waals surface area contributed by atoms with Gasteiger partial charge in [0, 0.05) is 23.6 Å². The van der Waals surface area contributed by atoms with Crippen molar-refractivity contribution in [3.05, 3.63) is 63.9 Å². The summed E-state index contributed by atoms with van der Waals surface area (Å²) in [6, 6.07) is 6.45. The number of rotatable bonds is 6. The van der Waals surface area contributed by atoms with Gasteiger partial charge < -0.3 is 4.90 Å². The Morgan fingerprint density at radius 2 is 1.83 bits per heavy atom. The lowest BCUT2D eigenvalue weighted by Crippen LogP contribution is -2.45. The first-order valence-electron chi connectivity index (χ1n) is 8.20. The number of carbonyl (C=O) groups is 1. The van der Waals surface area contributed by atoms with Crippen LogP contribution in [0.25, 0.3) is 0 Å². The van der Waals surface area contributed by atoms with Crippen LogP contribution in [0.1, 0.15) is 18.1 Å². The molecule has 0 heterocycles. The summed E-state index contributed by atoms with van der Waals surface area (Å²) in [7, 11) is -3.31. The minimum Gasteiger partial charge on any atom is -0.340 e. The smallest absolute Gasteiger partial charge is 0.340 e. The van der Waals surface area contributed by atoms with Gasteiger partial charge in [-0.1, -0.05) is 28.1 Å². The third-order valence-electron chi connectivity index (χ3n) is 3.98. The number of nitrogens with one attached hydrogen (secondary N) is 1. The first kappa shape index (κ1) is 23.3. The van der Waals surface area contributed by atoms with E-state index >= 15 is 0 Å². The van der Waals surface area contributed by atoms with Crippen LogP contribution >= 0.6 is 15.9 Å². The number of hydrogen-bond acceptors (Lipinski definition) is 3. The molecule has 2 aromatic rings. The van der Waals surface area contributed by atoms with E-state index < -0.39 is 44.4 Å². The molecule has 158 valence electrons. The van der Waals surface area contributed by atoms with Crippen LogP contribution in [0.3, 0.4) is 0 Å². The van der Waals surface area contributed by atoms with E-state index in [1.54, 1.807) is 0 Å². The number of likely N-dealkylation sites (N-methyl/N-ethyl adjacent to an activating group) is 1. The zero-order chi connectivity index (χ0) is 22.0. The molecule has 0 radical (unpaired) electrons. The molecule has 0 aromatic heterocycles. The number of alkyl halides is 3. The van der Waals surface area contributed by atoms with E-state index in [4.69, 9.17) is 0 Å². The second-order valence-corrected chi connectivity index (χ2v) is 8.87. The van der Waals surface area contributed by atoms with Gasteiger partial charge >= 0.3 is 6.18 Å². The highest BCUT2D eigenvalue weighted by atomic mass is 79.9. The summed E-state index contributed by atoms with van der Waals surface area (Å²) in [5.41, 5.74) is -1.15. The van der Waals surface area contributed by atoms with E-state index in [0.29, 0.717) is 10.5 Å². The monoisotopic (exact) mass is 496 g/mol. The molecule has 0 aliphatic heterocycles. The number of nitrogens with zero attached hydrogens (tertiary/aromatic N) is 1. The van der Waals surface area contributed by atoms with Crippen LogP contribution in [-0.2, 0) is 27.5 Å². The van der Waals surface area contributed by atoms with Crippen LogP contribution in [0.2, 0.25) is 0 Å². The molecule has 1 amide bonds. The molecule has 1 N–H and O–H groups in total. The molecule has 0 spiro atoms. The lowest BCUT2D eigenvalue weighted by atomic mass is 10.2. The number of halogens is 5. The van der Waals surface area contributed by atoms with Crippen LogP contribution in [0.5, 0.6) is 0 Å². The van der Waals surface area contributed by atoms with Crippen LogP contribution in [0.15, 0.2) is 51.8 Å². The fourth-order valence-corrected chi connectivity index (χ4v) is 4.44. The molecule has 11 heteroatoms. The Bertz CT molecular complexity index is 1010. The summed E-state index contributed by atoms with van der Waals surface area (Å²) in [6.07, 6.45) is -4.88. The van der Waals surface area contributed by atoms with Gasteiger partial charge in [-0.15, -0.1) is 0 Å². The zero-order valence-electron chi connectivity index (χ0n) is 15.3. The van der Waals surface area contributed by atoms with E-state index in [1.165, 1.54) is 32.2 Å². The summed E-state index contributed by atoms with van der Waals surface area (Å²) in [4.78, 5) is 12.6. The van der Waals surface area contributed by atoms with Gasteiger partial charge in [0.05, 0.1) is 16.5 Å². The molecule has 0 aliphatic rings. The van der Waals surface area contributed by atoms with Crippen molar-refractivity contribution < 1.29 is 30.8 Å². The molecule has 2 rings (SSSR count). The van der Waals surface area contributed by atoms with Crippen LogP contribution < -0.4 is 4.72 Å². The second-order valence-electron chi connectivity index (χ2n) is 6.27. The SMILES string of the molecule is C[C@H](NS(=O)(=O)c1ccccc1C(F)(F)F)C(=O)N(C)Cc1cc(Br)ccc1F. The first-order chi connectivity index (χ1) is 13.3. The number of benzene rings is 2. The van der Waals surface area contributed by atoms with Gasteiger partial charge in [-0.05, 0) is 37.3 Å². The maximum Gasteiger partial charge on any atom is 0.417 e. The Kier molecular flexibility index (Phi) is 7.07. The molecule has 0 bridgehead atoms. The second kappa shape index (κ2) is 8.80. The fourth-order valence-electron chi connectivity index (χ4n) is 2.61. The lowest BCUT2D eigenvalue weighted by Gasteiger charge is -2.23. The normalized spacial score (nSPS) is 13.2. The van der Waals surface area contributed by atoms with Gasteiger partial charge in [0.15, 0.2) is 0 Å². The lowest BCUT2D eigenvalue weighted by molar-refractivity contribution is -0.139. The Morgan fingerprint density at radius 1 is 1.21 bits per heavy atom. The van der Waals surface area contributed by atoms with Crippen LogP contribution in [0.4, 0.5) is 17.6 Å². The number of sulfonamides is 1. The number of amides is 1. The summed E-state index contributed by atoms with van der Waals surface area (Å²) >= 11 is 3.19. The van der Waals surface area contributed by atoms with Gasteiger partial charge in [-0.3, -0.25) is 4.79 Å². The fraction of sp³-hybridized carbons (Fsp3) is 0.278. The average molecular weight is 497 g/mol. The zero-order valence-corrected chi connectivity index (χ0v) is 17.7. The van der Waals surface area contributed by atoms with Gasteiger partial charge in [-0.2, -0.15) is 17.9 Å². The highest BCUT2D eigenvalue weighted by molar-refractivity contribution is 9.10. The topological polar surface area (TPSA) is 66.5 Å². The average Bonchev–Trinajstić information content (AvgIpc) is 2.63. The van der Waals surface area contributed by atoms with E-state index in [9.17, 15) is 30.8 Å². The highest BCUT2D eigenvalue weighted by Gasteiger charge is 2.37. The van der Waals surface area contributed by atoms with E-state index in [0.717, 1.165) is 23.1 Å². The van der Waals surface area contributed by atoms with Gasteiger partial charge in [0.1, 0.15) is 5.82 Å². The Balaban J connectivity index is 2.19. The maximum absolute atomic E-state index is 13.9. The Morgan fingerprint density at radius 3 is 2.45 bits per heavy atom. The van der Waals surface area contributed by atoms with Gasteiger partial charge in [0.25, 0.3) is 0 Å². The summed E-state index contributed by atoms with van der Waals surface area (Å²) in [6.45, 7) is 1.04. The molecule has 0 fully saturated rings. The van der Waals surface area contributed by atoms with Crippen molar-refractivity contribution in [3.63, 3.8) is 0 Å². The summed E-state index contributed by atoms with van der Waals surface area (Å²) in [5.74, 6) is -1.29. The maximum atomic E-state index is 13.9. The van der Waals surface area contributed by atoms with Crippen LogP contribution in [0, 0.1) is 5.82 Å². The summed E-state index contributed by atoms with van der Waals surface area (Å²) < 4.78 is 80.6. The quantitative estimate of drug-likeness (QED) is 0.616. The first-order valence-corrected chi connectivity index (χ1v) is 10.5. The minimum atomic E-state index is -4.88. The number of hydrogen-bond donors (Lipinski definition) is 1. The molecule has 0 aliphatic carbocycles.